The molecule has 1 saturated carbocycles. The summed E-state index contributed by atoms with van der Waals surface area (Å²) in [6.07, 6.45) is 7.15. The summed E-state index contributed by atoms with van der Waals surface area (Å²) < 4.78 is 2.13. The Balaban J connectivity index is 1.82. The summed E-state index contributed by atoms with van der Waals surface area (Å²) in [7, 11) is 4.16. The Morgan fingerprint density at radius 2 is 2.11 bits per heavy atom. The zero-order valence-electron chi connectivity index (χ0n) is 11.8. The summed E-state index contributed by atoms with van der Waals surface area (Å²) in [4.78, 5) is 6.58. The molecule has 2 rings (SSSR count). The van der Waals surface area contributed by atoms with E-state index in [1.165, 1.54) is 18.5 Å². The first kappa shape index (κ1) is 13.6. The molecule has 4 heteroatoms. The van der Waals surface area contributed by atoms with E-state index >= 15 is 0 Å². The van der Waals surface area contributed by atoms with Crippen molar-refractivity contribution in [2.75, 3.05) is 13.6 Å². The van der Waals surface area contributed by atoms with Gasteiger partial charge in [0.25, 0.3) is 0 Å². The van der Waals surface area contributed by atoms with Crippen molar-refractivity contribution in [2.24, 2.45) is 7.05 Å². The van der Waals surface area contributed by atoms with Gasteiger partial charge in [0.15, 0.2) is 0 Å². The van der Waals surface area contributed by atoms with E-state index in [2.05, 4.69) is 28.5 Å². The third kappa shape index (κ3) is 3.12. The highest BCUT2D eigenvalue weighted by molar-refractivity contribution is 5.03. The molecule has 0 unspecified atom stereocenters. The first-order chi connectivity index (χ1) is 8.50. The summed E-state index contributed by atoms with van der Waals surface area (Å²) >= 11 is 0. The molecule has 18 heavy (non-hydrogen) atoms. The van der Waals surface area contributed by atoms with Crippen LogP contribution in [0.4, 0.5) is 0 Å². The van der Waals surface area contributed by atoms with E-state index in [1.807, 2.05) is 13.1 Å². The Morgan fingerprint density at radius 3 is 2.67 bits per heavy atom. The molecule has 1 aliphatic rings. The van der Waals surface area contributed by atoms with Gasteiger partial charge in [-0.2, -0.15) is 0 Å². The maximum atomic E-state index is 10.3. The van der Waals surface area contributed by atoms with Gasteiger partial charge in [0, 0.05) is 26.3 Å². The monoisotopic (exact) mass is 251 g/mol. The molecular formula is C14H25N3O. The lowest BCUT2D eigenvalue weighted by molar-refractivity contribution is 0.0296. The molecule has 1 heterocycles. The van der Waals surface area contributed by atoms with E-state index in [9.17, 15) is 5.11 Å². The average molecular weight is 251 g/mol. The lowest BCUT2D eigenvalue weighted by atomic mass is 9.98. The normalized spacial score (nSPS) is 18.7. The first-order valence-electron chi connectivity index (χ1n) is 6.88. The Labute approximate surface area is 110 Å². The second-order valence-corrected chi connectivity index (χ2v) is 5.77. The molecule has 0 saturated heterocycles. The smallest absolute Gasteiger partial charge is 0.105 e. The van der Waals surface area contributed by atoms with E-state index < -0.39 is 5.60 Å². The third-order valence-corrected chi connectivity index (χ3v) is 4.24. The van der Waals surface area contributed by atoms with Crippen LogP contribution in [0.25, 0.3) is 0 Å². The molecule has 1 N–H and O–H groups in total. The van der Waals surface area contributed by atoms with E-state index in [-0.39, 0.29) is 0 Å². The van der Waals surface area contributed by atoms with E-state index in [1.54, 1.807) is 0 Å². The minimum absolute atomic E-state index is 0.392. The predicted octanol–water partition coefficient (Wildman–Crippen LogP) is 1.86. The minimum Gasteiger partial charge on any atom is -0.390 e. The maximum absolute atomic E-state index is 10.3. The molecule has 0 bridgehead atoms. The second kappa shape index (κ2) is 5.41. The number of hydrogen-bond donors (Lipinski definition) is 1. The van der Waals surface area contributed by atoms with Crippen molar-refractivity contribution in [2.45, 2.75) is 51.2 Å². The molecule has 0 amide bonds. The summed E-state index contributed by atoms with van der Waals surface area (Å²) in [5.41, 5.74) is 0.838. The van der Waals surface area contributed by atoms with Crippen molar-refractivity contribution in [3.63, 3.8) is 0 Å². The van der Waals surface area contributed by atoms with Crippen molar-refractivity contribution in [1.82, 2.24) is 14.5 Å². The van der Waals surface area contributed by atoms with Gasteiger partial charge in [-0.25, -0.2) is 4.98 Å². The molecule has 1 aliphatic carbocycles. The van der Waals surface area contributed by atoms with Crippen molar-refractivity contribution >= 4 is 0 Å². The highest BCUT2D eigenvalue weighted by atomic mass is 16.3. The van der Waals surface area contributed by atoms with Crippen molar-refractivity contribution in [3.8, 4) is 0 Å². The summed E-state index contributed by atoms with van der Waals surface area (Å²) in [5.74, 6) is 1.05. The van der Waals surface area contributed by atoms with Gasteiger partial charge in [-0.3, -0.25) is 0 Å². The van der Waals surface area contributed by atoms with Gasteiger partial charge in [0.1, 0.15) is 5.82 Å². The van der Waals surface area contributed by atoms with Crippen LogP contribution in [0, 0.1) is 6.92 Å². The molecule has 0 atom stereocenters. The van der Waals surface area contributed by atoms with Crippen LogP contribution < -0.4 is 0 Å². The number of aliphatic hydroxyl groups is 1. The van der Waals surface area contributed by atoms with Gasteiger partial charge in [-0.1, -0.05) is 12.8 Å². The van der Waals surface area contributed by atoms with Crippen LogP contribution in [0.2, 0.25) is 0 Å². The van der Waals surface area contributed by atoms with Gasteiger partial charge >= 0.3 is 0 Å². The SMILES string of the molecule is Cc1ncc(CN(C)CCC2(O)CCCC2)n1C. The Morgan fingerprint density at radius 1 is 1.44 bits per heavy atom. The number of aromatic nitrogens is 2. The fourth-order valence-corrected chi connectivity index (χ4v) is 2.73. The third-order valence-electron chi connectivity index (χ3n) is 4.24. The number of imidazole rings is 1. The largest absolute Gasteiger partial charge is 0.390 e. The summed E-state index contributed by atoms with van der Waals surface area (Å²) in [5, 5.41) is 10.3. The molecular weight excluding hydrogens is 226 g/mol. The second-order valence-electron chi connectivity index (χ2n) is 5.77. The van der Waals surface area contributed by atoms with Crippen LogP contribution in [-0.2, 0) is 13.6 Å². The molecule has 0 aromatic carbocycles. The summed E-state index contributed by atoms with van der Waals surface area (Å²) in [6.45, 7) is 3.86. The minimum atomic E-state index is -0.392. The van der Waals surface area contributed by atoms with Crippen LogP contribution in [-0.4, -0.2) is 38.8 Å². The Hall–Kier alpha value is -0.870. The lowest BCUT2D eigenvalue weighted by Gasteiger charge is -2.25. The predicted molar refractivity (Wildman–Crippen MR) is 72.3 cm³/mol. The maximum Gasteiger partial charge on any atom is 0.105 e. The van der Waals surface area contributed by atoms with Gasteiger partial charge in [0.2, 0.25) is 0 Å². The number of aryl methyl sites for hydroxylation is 1. The molecule has 0 aliphatic heterocycles. The molecule has 1 aromatic heterocycles. The molecule has 102 valence electrons. The van der Waals surface area contributed by atoms with Crippen molar-refractivity contribution in [3.05, 3.63) is 17.7 Å². The molecule has 4 nitrogen and oxygen atoms in total. The van der Waals surface area contributed by atoms with Crippen LogP contribution in [0.5, 0.6) is 0 Å². The first-order valence-corrected chi connectivity index (χ1v) is 6.88. The highest BCUT2D eigenvalue weighted by Gasteiger charge is 2.30. The molecule has 1 fully saturated rings. The molecule has 1 aromatic rings. The zero-order valence-corrected chi connectivity index (χ0v) is 11.8. The number of hydrogen-bond acceptors (Lipinski definition) is 3. The lowest BCUT2D eigenvalue weighted by Crippen LogP contribution is -2.31. The average Bonchev–Trinajstić information content (AvgIpc) is 2.89. The quantitative estimate of drug-likeness (QED) is 0.868. The van der Waals surface area contributed by atoms with Crippen molar-refractivity contribution < 1.29 is 5.11 Å². The van der Waals surface area contributed by atoms with E-state index in [4.69, 9.17) is 0 Å². The van der Waals surface area contributed by atoms with Crippen LogP contribution in [0.3, 0.4) is 0 Å². The van der Waals surface area contributed by atoms with Crippen LogP contribution in [0.1, 0.15) is 43.6 Å². The summed E-state index contributed by atoms with van der Waals surface area (Å²) in [6, 6.07) is 0. The Bertz CT molecular complexity index is 394. The van der Waals surface area contributed by atoms with Gasteiger partial charge < -0.3 is 14.6 Å². The van der Waals surface area contributed by atoms with E-state index in [0.29, 0.717) is 0 Å². The van der Waals surface area contributed by atoms with Crippen molar-refractivity contribution in [1.29, 1.82) is 0 Å². The van der Waals surface area contributed by atoms with Gasteiger partial charge in [0.05, 0.1) is 11.3 Å². The van der Waals surface area contributed by atoms with E-state index in [0.717, 1.165) is 38.2 Å². The number of rotatable bonds is 5. The Kier molecular flexibility index (Phi) is 4.07. The number of nitrogens with zero attached hydrogens (tertiary/aromatic N) is 3. The topological polar surface area (TPSA) is 41.3 Å². The fourth-order valence-electron chi connectivity index (χ4n) is 2.73. The highest BCUT2D eigenvalue weighted by Crippen LogP contribution is 2.32. The van der Waals surface area contributed by atoms with Gasteiger partial charge in [-0.05, 0) is 33.2 Å². The fraction of sp³-hybridized carbons (Fsp3) is 0.786. The zero-order chi connectivity index (χ0) is 13.2. The molecule has 0 spiro atoms. The van der Waals surface area contributed by atoms with Crippen LogP contribution in [0.15, 0.2) is 6.20 Å². The van der Waals surface area contributed by atoms with Gasteiger partial charge in [-0.15, -0.1) is 0 Å². The van der Waals surface area contributed by atoms with Crippen LogP contribution >= 0.6 is 0 Å². The standard InChI is InChI=1S/C14H25N3O/c1-12-15-10-13(17(12)3)11-16(2)9-8-14(18)6-4-5-7-14/h10,18H,4-9,11H2,1-3H3. The molecule has 0 radical (unpaired) electrons.